The molecule has 0 unspecified atom stereocenters. The Kier molecular flexibility index (Phi) is 4.90. The van der Waals surface area contributed by atoms with Crippen LogP contribution in [0, 0.1) is 10.6 Å². The van der Waals surface area contributed by atoms with Crippen LogP contribution in [0.25, 0.3) is 0 Å². The van der Waals surface area contributed by atoms with E-state index in [0.29, 0.717) is 18.8 Å². The first-order chi connectivity index (χ1) is 13.7. The Morgan fingerprint density at radius 3 is 2.57 bits per heavy atom. The first kappa shape index (κ1) is 18.2. The zero-order valence-corrected chi connectivity index (χ0v) is 17.3. The Morgan fingerprint density at radius 2 is 1.93 bits per heavy atom. The van der Waals surface area contributed by atoms with Gasteiger partial charge in [0.2, 0.25) is 0 Å². The average Bonchev–Trinajstić information content (AvgIpc) is 3.61. The van der Waals surface area contributed by atoms with Crippen molar-refractivity contribution in [2.24, 2.45) is 0 Å². The maximum Gasteiger partial charge on any atom is 0.199 e. The van der Waals surface area contributed by atoms with Gasteiger partial charge in [0.15, 0.2) is 4.77 Å². The molecule has 5 rings (SSSR count). The van der Waals surface area contributed by atoms with Crippen LogP contribution in [0.1, 0.15) is 48.0 Å². The van der Waals surface area contributed by atoms with E-state index in [1.807, 2.05) is 16.8 Å². The largest absolute Gasteiger partial charge is 0.301 e. The smallest absolute Gasteiger partial charge is 0.199 e. The van der Waals surface area contributed by atoms with Crippen LogP contribution in [0.3, 0.4) is 0 Å². The lowest BCUT2D eigenvalue weighted by Crippen LogP contribution is -2.29. The number of rotatable bonds is 8. The van der Waals surface area contributed by atoms with Crippen LogP contribution in [0.4, 0.5) is 4.39 Å². The topological polar surface area (TPSA) is 26.0 Å². The van der Waals surface area contributed by atoms with Crippen LogP contribution < -0.4 is 0 Å². The first-order valence-corrected chi connectivity index (χ1v) is 11.2. The lowest BCUT2D eigenvalue weighted by molar-refractivity contribution is 0.186. The van der Waals surface area contributed by atoms with E-state index in [0.717, 1.165) is 29.1 Å². The maximum atomic E-state index is 13.2. The lowest BCUT2D eigenvalue weighted by Gasteiger charge is -2.21. The van der Waals surface area contributed by atoms with E-state index in [1.165, 1.54) is 42.7 Å². The van der Waals surface area contributed by atoms with E-state index >= 15 is 0 Å². The van der Waals surface area contributed by atoms with Gasteiger partial charge in [-0.15, -0.1) is 11.3 Å². The number of hydrogen-bond donors (Lipinski definition) is 0. The summed E-state index contributed by atoms with van der Waals surface area (Å²) in [6.45, 7) is 1.49. The number of benzene rings is 1. The van der Waals surface area contributed by atoms with Gasteiger partial charge in [-0.25, -0.2) is 9.07 Å². The molecule has 4 nitrogen and oxygen atoms in total. The normalized spacial score (nSPS) is 16.8. The number of hydrogen-bond acceptors (Lipinski definition) is 4. The molecule has 28 heavy (non-hydrogen) atoms. The molecule has 0 bridgehead atoms. The molecule has 0 aliphatic heterocycles. The molecule has 0 N–H and O–H groups in total. The Morgan fingerprint density at radius 1 is 1.14 bits per heavy atom. The molecule has 2 saturated carbocycles. The van der Waals surface area contributed by atoms with Crippen molar-refractivity contribution in [2.75, 3.05) is 0 Å². The third kappa shape index (κ3) is 3.97. The number of thiophene rings is 1. The number of halogens is 1. The second-order valence-corrected chi connectivity index (χ2v) is 9.20. The van der Waals surface area contributed by atoms with Gasteiger partial charge in [-0.3, -0.25) is 4.90 Å². The number of aromatic nitrogens is 3. The zero-order valence-electron chi connectivity index (χ0n) is 15.6. The summed E-state index contributed by atoms with van der Waals surface area (Å²) in [5.74, 6) is 0.887. The molecule has 0 saturated heterocycles. The van der Waals surface area contributed by atoms with Gasteiger partial charge < -0.3 is 4.57 Å². The Bertz CT molecular complexity index is 998. The quantitative estimate of drug-likeness (QED) is 0.476. The highest BCUT2D eigenvalue weighted by Gasteiger charge is 2.32. The third-order valence-corrected chi connectivity index (χ3v) is 6.73. The summed E-state index contributed by atoms with van der Waals surface area (Å²) in [7, 11) is 0. The molecule has 2 fully saturated rings. The molecule has 0 atom stereocenters. The van der Waals surface area contributed by atoms with Crippen molar-refractivity contribution < 1.29 is 4.39 Å². The minimum atomic E-state index is -0.190. The molecule has 2 aliphatic carbocycles. The fraction of sp³-hybridized carbons (Fsp3) is 0.429. The van der Waals surface area contributed by atoms with Crippen LogP contribution >= 0.6 is 23.6 Å². The van der Waals surface area contributed by atoms with Crippen molar-refractivity contribution in [1.29, 1.82) is 0 Å². The van der Waals surface area contributed by atoms with Gasteiger partial charge in [-0.1, -0.05) is 18.2 Å². The predicted octanol–water partition coefficient (Wildman–Crippen LogP) is 5.16. The Labute approximate surface area is 173 Å². The van der Waals surface area contributed by atoms with Crippen molar-refractivity contribution in [3.05, 3.63) is 68.6 Å². The summed E-state index contributed by atoms with van der Waals surface area (Å²) < 4.78 is 18.3. The Balaban J connectivity index is 1.40. The SMILES string of the molecule is Fc1ccc(CN(Cn2nc(Cc3cccs3)n(C3CC3)c2=S)C2CC2)cc1. The average molecular weight is 415 g/mol. The molecule has 3 aromatic rings. The van der Waals surface area contributed by atoms with Crippen molar-refractivity contribution >= 4 is 23.6 Å². The highest BCUT2D eigenvalue weighted by Crippen LogP contribution is 2.37. The molecular formula is C21H23FN4S2. The van der Waals surface area contributed by atoms with Crippen LogP contribution in [-0.4, -0.2) is 25.3 Å². The number of nitrogens with zero attached hydrogens (tertiary/aromatic N) is 4. The molecule has 0 radical (unpaired) electrons. The van der Waals surface area contributed by atoms with Gasteiger partial charge >= 0.3 is 0 Å². The van der Waals surface area contributed by atoms with Crippen LogP contribution in [0.5, 0.6) is 0 Å². The minimum Gasteiger partial charge on any atom is -0.301 e. The summed E-state index contributed by atoms with van der Waals surface area (Å²) in [6, 6.07) is 12.1. The molecule has 2 aromatic heterocycles. The summed E-state index contributed by atoms with van der Waals surface area (Å²) >= 11 is 7.59. The summed E-state index contributed by atoms with van der Waals surface area (Å²) in [5.41, 5.74) is 1.13. The van der Waals surface area contributed by atoms with Gasteiger partial charge in [-0.05, 0) is 67.0 Å². The summed E-state index contributed by atoms with van der Waals surface area (Å²) in [6.07, 6.45) is 5.64. The summed E-state index contributed by atoms with van der Waals surface area (Å²) in [5, 5.41) is 7.04. The van der Waals surface area contributed by atoms with Gasteiger partial charge in [-0.2, -0.15) is 5.10 Å². The summed E-state index contributed by atoms with van der Waals surface area (Å²) in [4.78, 5) is 3.74. The van der Waals surface area contributed by atoms with Crippen molar-refractivity contribution in [1.82, 2.24) is 19.2 Å². The van der Waals surface area contributed by atoms with Crippen LogP contribution in [0.2, 0.25) is 0 Å². The van der Waals surface area contributed by atoms with E-state index in [9.17, 15) is 4.39 Å². The molecule has 0 spiro atoms. The fourth-order valence-electron chi connectivity index (χ4n) is 3.68. The molecular weight excluding hydrogens is 391 g/mol. The highest BCUT2D eigenvalue weighted by molar-refractivity contribution is 7.71. The van der Waals surface area contributed by atoms with E-state index < -0.39 is 0 Å². The maximum absolute atomic E-state index is 13.2. The van der Waals surface area contributed by atoms with Gasteiger partial charge in [0, 0.05) is 29.9 Å². The van der Waals surface area contributed by atoms with Gasteiger partial charge in [0.05, 0.1) is 6.67 Å². The van der Waals surface area contributed by atoms with Gasteiger partial charge in [0.25, 0.3) is 0 Å². The molecule has 0 amide bonds. The van der Waals surface area contributed by atoms with E-state index in [-0.39, 0.29) is 5.82 Å². The monoisotopic (exact) mass is 414 g/mol. The fourth-order valence-corrected chi connectivity index (χ4v) is 4.73. The zero-order chi connectivity index (χ0) is 19.1. The van der Waals surface area contributed by atoms with E-state index in [1.54, 1.807) is 11.3 Å². The predicted molar refractivity (Wildman–Crippen MR) is 111 cm³/mol. The molecule has 146 valence electrons. The molecule has 2 aliphatic rings. The standard InChI is InChI=1S/C21H23FN4S2/c22-16-5-3-15(4-6-16)13-24(17-7-8-17)14-25-21(27)26(18-9-10-18)20(23-25)12-19-2-1-11-28-19/h1-6,11,17-18H,7-10,12-14H2. The van der Waals surface area contributed by atoms with Crippen molar-refractivity contribution in [3.8, 4) is 0 Å². The molecule has 2 heterocycles. The highest BCUT2D eigenvalue weighted by atomic mass is 32.1. The molecule has 1 aromatic carbocycles. The second kappa shape index (κ2) is 7.54. The van der Waals surface area contributed by atoms with E-state index in [2.05, 4.69) is 27.0 Å². The van der Waals surface area contributed by atoms with Crippen molar-refractivity contribution in [3.63, 3.8) is 0 Å². The lowest BCUT2D eigenvalue weighted by atomic mass is 10.2. The first-order valence-electron chi connectivity index (χ1n) is 9.86. The van der Waals surface area contributed by atoms with Crippen LogP contribution in [-0.2, 0) is 19.6 Å². The third-order valence-electron chi connectivity index (χ3n) is 5.44. The Hall–Kier alpha value is -1.83. The van der Waals surface area contributed by atoms with Crippen molar-refractivity contribution in [2.45, 2.75) is 57.4 Å². The van der Waals surface area contributed by atoms with E-state index in [4.69, 9.17) is 17.3 Å². The second-order valence-electron chi connectivity index (χ2n) is 7.80. The van der Waals surface area contributed by atoms with Gasteiger partial charge in [0.1, 0.15) is 11.6 Å². The molecule has 7 heteroatoms. The minimum absolute atomic E-state index is 0.190. The van der Waals surface area contributed by atoms with Crippen LogP contribution in [0.15, 0.2) is 41.8 Å².